The molecule has 1 heterocycles. The maximum Gasteiger partial charge on any atom is 0.335 e. The molecule has 2 rings (SSSR count). The van der Waals surface area contributed by atoms with E-state index in [1.165, 1.54) is 12.1 Å². The van der Waals surface area contributed by atoms with E-state index in [4.69, 9.17) is 10.8 Å². The van der Waals surface area contributed by atoms with Gasteiger partial charge in [0.15, 0.2) is 5.82 Å². The number of nitrogens with zero attached hydrogens (tertiary/aromatic N) is 2. The largest absolute Gasteiger partial charge is 0.478 e. The summed E-state index contributed by atoms with van der Waals surface area (Å²) in [6.07, 6.45) is 0. The summed E-state index contributed by atoms with van der Waals surface area (Å²) in [7, 11) is 3.47. The predicted octanol–water partition coefficient (Wildman–Crippen LogP) is 1.03. The maximum absolute atomic E-state index is 12.2. The molecule has 0 aliphatic carbocycles. The van der Waals surface area contributed by atoms with Gasteiger partial charge in [-0.2, -0.15) is 4.98 Å². The summed E-state index contributed by atoms with van der Waals surface area (Å²) in [5, 5.41) is 15.0. The zero-order chi connectivity index (χ0) is 18.6. The van der Waals surface area contributed by atoms with Crippen molar-refractivity contribution in [1.82, 2.24) is 9.97 Å². The highest BCUT2D eigenvalue weighted by Gasteiger charge is 2.18. The van der Waals surface area contributed by atoms with Crippen LogP contribution in [0.1, 0.15) is 17.3 Å². The van der Waals surface area contributed by atoms with Gasteiger partial charge in [-0.05, 0) is 31.2 Å². The summed E-state index contributed by atoms with van der Waals surface area (Å²) < 4.78 is 0. The molecule has 9 heteroatoms. The van der Waals surface area contributed by atoms with Gasteiger partial charge < -0.3 is 26.4 Å². The minimum Gasteiger partial charge on any atom is -0.478 e. The third-order valence-corrected chi connectivity index (χ3v) is 3.90. The summed E-state index contributed by atoms with van der Waals surface area (Å²) in [6, 6.07) is 6.43. The molecule has 0 amide bonds. The van der Waals surface area contributed by atoms with Gasteiger partial charge in [0.2, 0.25) is 5.95 Å². The number of nitrogens with one attached hydrogen (secondary N) is 3. The van der Waals surface area contributed by atoms with Gasteiger partial charge in [0.05, 0.1) is 5.56 Å². The van der Waals surface area contributed by atoms with Crippen LogP contribution >= 0.6 is 0 Å². The fraction of sp³-hybridized carbons (Fsp3) is 0.312. The van der Waals surface area contributed by atoms with Crippen LogP contribution < -0.4 is 26.8 Å². The molecule has 2 aromatic rings. The van der Waals surface area contributed by atoms with E-state index in [0.29, 0.717) is 18.1 Å². The first-order valence-electron chi connectivity index (χ1n) is 7.71. The number of carbonyl (C=O) groups is 1. The van der Waals surface area contributed by atoms with Crippen LogP contribution in [0.3, 0.4) is 0 Å². The molecule has 1 aromatic carbocycles. The molecule has 9 nitrogen and oxygen atoms in total. The fourth-order valence-electron chi connectivity index (χ4n) is 2.34. The normalized spacial score (nSPS) is 11.6. The standard InChI is InChI=1S/C16H22N6O3/c1-9(8-19-11-6-4-10(5-7-11)15(24)25)22(3)12-13(18-2)20-16(17)21-14(12)23/h4-7,9,19H,8H2,1-3H3,(H,24,25)(H4,17,18,20,21,23). The highest BCUT2D eigenvalue weighted by atomic mass is 16.4. The Bertz CT molecular complexity index is 803. The molecule has 0 bridgehead atoms. The van der Waals surface area contributed by atoms with E-state index < -0.39 is 5.97 Å². The average molecular weight is 346 g/mol. The van der Waals surface area contributed by atoms with Crippen LogP contribution in [-0.2, 0) is 0 Å². The number of H-pyrrole nitrogens is 1. The van der Waals surface area contributed by atoms with Crippen LogP contribution in [0.4, 0.5) is 23.1 Å². The molecule has 1 aromatic heterocycles. The molecule has 0 saturated heterocycles. The number of hydrogen-bond donors (Lipinski definition) is 5. The van der Waals surface area contributed by atoms with Crippen molar-refractivity contribution in [2.24, 2.45) is 0 Å². The van der Waals surface area contributed by atoms with Crippen molar-refractivity contribution in [3.05, 3.63) is 40.2 Å². The van der Waals surface area contributed by atoms with Crippen molar-refractivity contribution >= 4 is 29.1 Å². The van der Waals surface area contributed by atoms with Gasteiger partial charge in [0.1, 0.15) is 5.69 Å². The lowest BCUT2D eigenvalue weighted by Gasteiger charge is -2.28. The van der Waals surface area contributed by atoms with Crippen LogP contribution in [0.5, 0.6) is 0 Å². The first-order valence-corrected chi connectivity index (χ1v) is 7.71. The van der Waals surface area contributed by atoms with Gasteiger partial charge in [-0.15, -0.1) is 0 Å². The molecular weight excluding hydrogens is 324 g/mol. The van der Waals surface area contributed by atoms with Gasteiger partial charge in [0.25, 0.3) is 5.56 Å². The molecule has 1 unspecified atom stereocenters. The number of likely N-dealkylation sites (N-methyl/N-ethyl adjacent to an activating group) is 1. The molecule has 0 aliphatic rings. The Morgan fingerprint density at radius 1 is 1.40 bits per heavy atom. The third kappa shape index (κ3) is 4.19. The van der Waals surface area contributed by atoms with Crippen LogP contribution in [-0.4, -0.2) is 47.7 Å². The second kappa shape index (κ2) is 7.56. The Labute approximate surface area is 144 Å². The van der Waals surface area contributed by atoms with E-state index in [9.17, 15) is 9.59 Å². The van der Waals surface area contributed by atoms with Crippen LogP contribution in [0.15, 0.2) is 29.1 Å². The van der Waals surface area contributed by atoms with E-state index in [-0.39, 0.29) is 23.1 Å². The topological polar surface area (TPSA) is 136 Å². The lowest BCUT2D eigenvalue weighted by atomic mass is 10.2. The quantitative estimate of drug-likeness (QED) is 0.501. The Kier molecular flexibility index (Phi) is 5.48. The molecule has 6 N–H and O–H groups in total. The number of nitrogens with two attached hydrogens (primary N) is 1. The highest BCUT2D eigenvalue weighted by molar-refractivity contribution is 5.88. The summed E-state index contributed by atoms with van der Waals surface area (Å²) >= 11 is 0. The molecule has 0 fully saturated rings. The zero-order valence-corrected chi connectivity index (χ0v) is 14.3. The van der Waals surface area contributed by atoms with Crippen LogP contribution in [0.2, 0.25) is 0 Å². The van der Waals surface area contributed by atoms with E-state index in [1.807, 2.05) is 6.92 Å². The monoisotopic (exact) mass is 346 g/mol. The summed E-state index contributed by atoms with van der Waals surface area (Å²) in [5.74, 6) is -0.508. The Morgan fingerprint density at radius 3 is 2.60 bits per heavy atom. The molecular formula is C16H22N6O3. The first kappa shape index (κ1) is 18.1. The van der Waals surface area contributed by atoms with Gasteiger partial charge in [-0.1, -0.05) is 0 Å². The number of benzene rings is 1. The number of aromatic nitrogens is 2. The number of nitrogen functional groups attached to an aromatic ring is 1. The minimum atomic E-state index is -0.964. The van der Waals surface area contributed by atoms with Gasteiger partial charge in [-0.25, -0.2) is 4.79 Å². The second-order valence-electron chi connectivity index (χ2n) is 5.62. The van der Waals surface area contributed by atoms with Crippen molar-refractivity contribution in [3.63, 3.8) is 0 Å². The van der Waals surface area contributed by atoms with E-state index >= 15 is 0 Å². The fourth-order valence-corrected chi connectivity index (χ4v) is 2.34. The maximum atomic E-state index is 12.2. The predicted molar refractivity (Wildman–Crippen MR) is 98.6 cm³/mol. The van der Waals surface area contributed by atoms with E-state index in [2.05, 4.69) is 20.6 Å². The zero-order valence-electron chi connectivity index (χ0n) is 14.3. The Hall–Kier alpha value is -3.23. The van der Waals surface area contributed by atoms with Crippen molar-refractivity contribution in [3.8, 4) is 0 Å². The van der Waals surface area contributed by atoms with Crippen molar-refractivity contribution in [2.75, 3.05) is 41.9 Å². The SMILES string of the molecule is CNc1nc(N)[nH]c(=O)c1N(C)C(C)CNc1ccc(C(=O)O)cc1. The molecule has 0 spiro atoms. The first-order chi connectivity index (χ1) is 11.8. The number of anilines is 4. The average Bonchev–Trinajstić information content (AvgIpc) is 2.58. The van der Waals surface area contributed by atoms with Crippen molar-refractivity contribution in [1.29, 1.82) is 0 Å². The summed E-state index contributed by atoms with van der Waals surface area (Å²) in [5.41, 5.74) is 6.67. The number of rotatable bonds is 7. The Balaban J connectivity index is 2.09. The lowest BCUT2D eigenvalue weighted by Crippen LogP contribution is -2.38. The minimum absolute atomic E-state index is 0.0437. The molecule has 1 atom stereocenters. The van der Waals surface area contributed by atoms with E-state index in [1.54, 1.807) is 31.1 Å². The molecule has 25 heavy (non-hydrogen) atoms. The van der Waals surface area contributed by atoms with Crippen LogP contribution in [0.25, 0.3) is 0 Å². The molecule has 134 valence electrons. The van der Waals surface area contributed by atoms with Crippen LogP contribution in [0, 0.1) is 0 Å². The third-order valence-electron chi connectivity index (χ3n) is 3.90. The number of carboxylic acid groups (broad SMARTS) is 1. The number of carboxylic acids is 1. The van der Waals surface area contributed by atoms with Crippen molar-refractivity contribution in [2.45, 2.75) is 13.0 Å². The number of aromatic amines is 1. The number of hydrogen-bond acceptors (Lipinski definition) is 7. The summed E-state index contributed by atoms with van der Waals surface area (Å²) in [4.78, 5) is 31.5. The highest BCUT2D eigenvalue weighted by Crippen LogP contribution is 2.20. The lowest BCUT2D eigenvalue weighted by molar-refractivity contribution is 0.0697. The van der Waals surface area contributed by atoms with Gasteiger partial charge >= 0.3 is 5.97 Å². The number of aromatic carboxylic acids is 1. The molecule has 0 aliphatic heterocycles. The smallest absolute Gasteiger partial charge is 0.335 e. The molecule has 0 saturated carbocycles. The molecule has 0 radical (unpaired) electrons. The summed E-state index contributed by atoms with van der Waals surface area (Å²) in [6.45, 7) is 2.49. The van der Waals surface area contributed by atoms with Gasteiger partial charge in [0, 0.05) is 32.4 Å². The second-order valence-corrected chi connectivity index (χ2v) is 5.62. The Morgan fingerprint density at radius 2 is 2.04 bits per heavy atom. The van der Waals surface area contributed by atoms with Crippen molar-refractivity contribution < 1.29 is 9.90 Å². The van der Waals surface area contributed by atoms with Gasteiger partial charge in [-0.3, -0.25) is 9.78 Å². The van der Waals surface area contributed by atoms with E-state index in [0.717, 1.165) is 5.69 Å².